The molecule has 0 aliphatic heterocycles. The molecule has 0 saturated heterocycles. The van der Waals surface area contributed by atoms with E-state index < -0.39 is 0 Å². The van der Waals surface area contributed by atoms with Crippen LogP contribution in [0.15, 0.2) is 35.6 Å². The van der Waals surface area contributed by atoms with Gasteiger partial charge in [-0.15, -0.1) is 0 Å². The molecule has 136 valence electrons. The number of aromatic nitrogens is 2. The van der Waals surface area contributed by atoms with Crippen LogP contribution in [-0.4, -0.2) is 43.0 Å². The van der Waals surface area contributed by atoms with Gasteiger partial charge in [-0.1, -0.05) is 0 Å². The number of aryl methyl sites for hydroxylation is 2. The van der Waals surface area contributed by atoms with E-state index in [1.165, 1.54) is 5.56 Å². The molecular formula is C18H27N5O2. The molecule has 0 radical (unpaired) electrons. The molecule has 25 heavy (non-hydrogen) atoms. The Morgan fingerprint density at radius 2 is 2.16 bits per heavy atom. The molecule has 0 aliphatic rings. The predicted molar refractivity (Wildman–Crippen MR) is 101 cm³/mol. The van der Waals surface area contributed by atoms with Crippen molar-refractivity contribution in [2.24, 2.45) is 4.99 Å². The van der Waals surface area contributed by atoms with Gasteiger partial charge in [-0.25, -0.2) is 0 Å². The van der Waals surface area contributed by atoms with E-state index in [4.69, 9.17) is 9.47 Å². The van der Waals surface area contributed by atoms with E-state index in [0.29, 0.717) is 18.3 Å². The lowest BCUT2D eigenvalue weighted by atomic mass is 10.2. The van der Waals surface area contributed by atoms with E-state index in [0.717, 1.165) is 30.9 Å². The second-order valence-electron chi connectivity index (χ2n) is 5.56. The standard InChI is InChI=1S/C18H27N5O2/c1-5-25-16-8-7-15(11-17(16)24-4)22-18(19-3)20-9-6-10-23-13-14(2)12-21-23/h7-8,11-13H,5-6,9-10H2,1-4H3,(H2,19,20,22). The Balaban J connectivity index is 1.84. The van der Waals surface area contributed by atoms with E-state index in [1.54, 1.807) is 14.2 Å². The second-order valence-corrected chi connectivity index (χ2v) is 5.56. The molecule has 7 nitrogen and oxygen atoms in total. The van der Waals surface area contributed by atoms with Crippen molar-refractivity contribution >= 4 is 11.6 Å². The minimum Gasteiger partial charge on any atom is -0.493 e. The van der Waals surface area contributed by atoms with Crippen LogP contribution in [-0.2, 0) is 6.54 Å². The lowest BCUT2D eigenvalue weighted by Crippen LogP contribution is -2.31. The van der Waals surface area contributed by atoms with Gasteiger partial charge in [-0.2, -0.15) is 5.10 Å². The number of methoxy groups -OCH3 is 1. The third-order valence-electron chi connectivity index (χ3n) is 3.57. The highest BCUT2D eigenvalue weighted by Gasteiger charge is 2.06. The number of anilines is 1. The van der Waals surface area contributed by atoms with Gasteiger partial charge in [0.2, 0.25) is 0 Å². The number of nitrogens with one attached hydrogen (secondary N) is 2. The molecule has 2 rings (SSSR count). The fourth-order valence-corrected chi connectivity index (χ4v) is 2.37. The Labute approximate surface area is 149 Å². The topological polar surface area (TPSA) is 72.7 Å². The Morgan fingerprint density at radius 3 is 2.80 bits per heavy atom. The molecule has 1 aromatic heterocycles. The number of nitrogens with zero attached hydrogens (tertiary/aromatic N) is 3. The number of hydrogen-bond acceptors (Lipinski definition) is 4. The van der Waals surface area contributed by atoms with Crippen molar-refractivity contribution in [3.8, 4) is 11.5 Å². The van der Waals surface area contributed by atoms with Crippen molar-refractivity contribution in [3.63, 3.8) is 0 Å². The molecule has 0 saturated carbocycles. The Hall–Kier alpha value is -2.70. The summed E-state index contributed by atoms with van der Waals surface area (Å²) < 4.78 is 12.8. The lowest BCUT2D eigenvalue weighted by molar-refractivity contribution is 0.311. The zero-order chi connectivity index (χ0) is 18.1. The molecule has 7 heteroatoms. The smallest absolute Gasteiger partial charge is 0.195 e. The maximum absolute atomic E-state index is 5.53. The zero-order valence-corrected chi connectivity index (χ0v) is 15.4. The molecule has 0 amide bonds. The minimum absolute atomic E-state index is 0.599. The molecule has 2 aromatic rings. The maximum Gasteiger partial charge on any atom is 0.195 e. The Morgan fingerprint density at radius 1 is 1.32 bits per heavy atom. The van der Waals surface area contributed by atoms with E-state index in [9.17, 15) is 0 Å². The van der Waals surface area contributed by atoms with Crippen LogP contribution in [0.5, 0.6) is 11.5 Å². The molecule has 0 bridgehead atoms. The summed E-state index contributed by atoms with van der Waals surface area (Å²) >= 11 is 0. The lowest BCUT2D eigenvalue weighted by Gasteiger charge is -2.14. The number of benzene rings is 1. The number of aliphatic imine (C=N–C) groups is 1. The fraction of sp³-hybridized carbons (Fsp3) is 0.444. The van der Waals surface area contributed by atoms with Gasteiger partial charge in [0.15, 0.2) is 17.5 Å². The summed E-state index contributed by atoms with van der Waals surface area (Å²) in [5.41, 5.74) is 2.06. The summed E-state index contributed by atoms with van der Waals surface area (Å²) in [5, 5.41) is 10.8. The average molecular weight is 345 g/mol. The van der Waals surface area contributed by atoms with Gasteiger partial charge in [0.25, 0.3) is 0 Å². The number of guanidine groups is 1. The molecule has 0 atom stereocenters. The van der Waals surface area contributed by atoms with Crippen molar-refractivity contribution in [1.29, 1.82) is 0 Å². The van der Waals surface area contributed by atoms with Crippen LogP contribution in [0.3, 0.4) is 0 Å². The molecule has 1 aromatic carbocycles. The highest BCUT2D eigenvalue weighted by atomic mass is 16.5. The third kappa shape index (κ3) is 5.70. The molecule has 2 N–H and O–H groups in total. The predicted octanol–water partition coefficient (Wildman–Crippen LogP) is 2.68. The third-order valence-corrected chi connectivity index (χ3v) is 3.57. The Kier molecular flexibility index (Phi) is 7.13. The monoisotopic (exact) mass is 345 g/mol. The van der Waals surface area contributed by atoms with Crippen molar-refractivity contribution in [3.05, 3.63) is 36.2 Å². The highest BCUT2D eigenvalue weighted by molar-refractivity contribution is 5.93. The van der Waals surface area contributed by atoms with Crippen LogP contribution in [0.4, 0.5) is 5.69 Å². The van der Waals surface area contributed by atoms with Gasteiger partial charge in [0.05, 0.1) is 19.9 Å². The van der Waals surface area contributed by atoms with Gasteiger partial charge in [-0.3, -0.25) is 9.67 Å². The van der Waals surface area contributed by atoms with Crippen LogP contribution >= 0.6 is 0 Å². The van der Waals surface area contributed by atoms with Gasteiger partial charge >= 0.3 is 0 Å². The number of hydrogen-bond donors (Lipinski definition) is 2. The first-order chi connectivity index (χ1) is 12.2. The highest BCUT2D eigenvalue weighted by Crippen LogP contribution is 2.30. The summed E-state index contributed by atoms with van der Waals surface area (Å²) in [4.78, 5) is 4.25. The van der Waals surface area contributed by atoms with Gasteiger partial charge < -0.3 is 20.1 Å². The minimum atomic E-state index is 0.599. The van der Waals surface area contributed by atoms with Gasteiger partial charge in [0.1, 0.15) is 0 Å². The zero-order valence-electron chi connectivity index (χ0n) is 15.4. The van der Waals surface area contributed by atoms with E-state index in [1.807, 2.05) is 49.1 Å². The van der Waals surface area contributed by atoms with Gasteiger partial charge in [0, 0.05) is 38.1 Å². The Bertz CT molecular complexity index is 697. The summed E-state index contributed by atoms with van der Waals surface area (Å²) in [6.45, 7) is 6.25. The van der Waals surface area contributed by atoms with Crippen molar-refractivity contribution in [2.45, 2.75) is 26.8 Å². The molecule has 0 aliphatic carbocycles. The van der Waals surface area contributed by atoms with E-state index >= 15 is 0 Å². The first kappa shape index (κ1) is 18.6. The average Bonchev–Trinajstić information content (AvgIpc) is 3.04. The molecule has 0 spiro atoms. The van der Waals surface area contributed by atoms with Crippen LogP contribution < -0.4 is 20.1 Å². The number of rotatable bonds is 8. The largest absolute Gasteiger partial charge is 0.493 e. The van der Waals surface area contributed by atoms with Gasteiger partial charge in [-0.05, 0) is 38.0 Å². The number of ether oxygens (including phenoxy) is 2. The van der Waals surface area contributed by atoms with Crippen LogP contribution in [0.1, 0.15) is 18.9 Å². The SMILES string of the molecule is CCOc1ccc(NC(=NC)NCCCn2cc(C)cn2)cc1OC. The van der Waals surface area contributed by atoms with Crippen LogP contribution in [0.2, 0.25) is 0 Å². The van der Waals surface area contributed by atoms with E-state index in [-0.39, 0.29) is 0 Å². The molecule has 0 unspecified atom stereocenters. The summed E-state index contributed by atoms with van der Waals surface area (Å²) in [6.07, 6.45) is 4.86. The maximum atomic E-state index is 5.53. The van der Waals surface area contributed by atoms with Crippen molar-refractivity contribution in [1.82, 2.24) is 15.1 Å². The van der Waals surface area contributed by atoms with Crippen molar-refractivity contribution in [2.75, 3.05) is 32.6 Å². The summed E-state index contributed by atoms with van der Waals surface area (Å²) in [5.74, 6) is 2.13. The first-order valence-corrected chi connectivity index (χ1v) is 8.43. The molecule has 0 fully saturated rings. The summed E-state index contributed by atoms with van der Waals surface area (Å²) in [7, 11) is 3.38. The first-order valence-electron chi connectivity index (χ1n) is 8.43. The van der Waals surface area contributed by atoms with E-state index in [2.05, 4.69) is 20.7 Å². The normalized spacial score (nSPS) is 11.3. The van der Waals surface area contributed by atoms with Crippen LogP contribution in [0, 0.1) is 6.92 Å². The second kappa shape index (κ2) is 9.56. The quantitative estimate of drug-likeness (QED) is 0.437. The van der Waals surface area contributed by atoms with Crippen LogP contribution in [0.25, 0.3) is 0 Å². The summed E-state index contributed by atoms with van der Waals surface area (Å²) in [6, 6.07) is 5.72. The van der Waals surface area contributed by atoms with Crippen molar-refractivity contribution < 1.29 is 9.47 Å². The fourth-order valence-electron chi connectivity index (χ4n) is 2.37. The molecule has 1 heterocycles. The molecular weight excluding hydrogens is 318 g/mol.